The highest BCUT2D eigenvalue weighted by molar-refractivity contribution is 5.98. The van der Waals surface area contributed by atoms with Crippen molar-refractivity contribution in [3.05, 3.63) is 18.2 Å². The van der Waals surface area contributed by atoms with E-state index in [4.69, 9.17) is 9.47 Å². The van der Waals surface area contributed by atoms with E-state index in [-0.39, 0.29) is 5.91 Å². The molecule has 21 heavy (non-hydrogen) atoms. The van der Waals surface area contributed by atoms with Gasteiger partial charge in [0.25, 0.3) is 0 Å². The molecule has 1 fully saturated rings. The lowest BCUT2D eigenvalue weighted by Gasteiger charge is -2.33. The van der Waals surface area contributed by atoms with E-state index < -0.39 is 5.41 Å². The Morgan fingerprint density at radius 1 is 1.29 bits per heavy atom. The SMILES string of the molecule is CCOc1ccc(NC(=O)C2(C#N)CCC2)cc1OCC. The number of carbonyl (C=O) groups is 1. The molecule has 1 N–H and O–H groups in total. The Labute approximate surface area is 124 Å². The number of nitrogens with one attached hydrogen (secondary N) is 1. The van der Waals surface area contributed by atoms with Gasteiger partial charge in [0.2, 0.25) is 5.91 Å². The zero-order valence-electron chi connectivity index (χ0n) is 12.4. The largest absolute Gasteiger partial charge is 0.490 e. The summed E-state index contributed by atoms with van der Waals surface area (Å²) in [5.74, 6) is 1.01. The molecule has 1 amide bonds. The van der Waals surface area contributed by atoms with Crippen LogP contribution in [0.15, 0.2) is 18.2 Å². The highest BCUT2D eigenvalue weighted by Crippen LogP contribution is 2.41. The van der Waals surface area contributed by atoms with Crippen molar-refractivity contribution in [3.8, 4) is 17.6 Å². The van der Waals surface area contributed by atoms with E-state index in [1.807, 2.05) is 13.8 Å². The van der Waals surface area contributed by atoms with Crippen molar-refractivity contribution in [1.82, 2.24) is 0 Å². The van der Waals surface area contributed by atoms with Crippen molar-refractivity contribution in [2.24, 2.45) is 5.41 Å². The number of hydrogen-bond acceptors (Lipinski definition) is 4. The maximum atomic E-state index is 12.2. The second-order valence-electron chi connectivity index (χ2n) is 5.03. The van der Waals surface area contributed by atoms with Gasteiger partial charge in [-0.25, -0.2) is 0 Å². The number of nitrogens with zero attached hydrogens (tertiary/aromatic N) is 1. The Morgan fingerprint density at radius 2 is 1.95 bits per heavy atom. The minimum absolute atomic E-state index is 0.233. The number of amides is 1. The summed E-state index contributed by atoms with van der Waals surface area (Å²) in [6.45, 7) is 4.85. The van der Waals surface area contributed by atoms with Crippen LogP contribution in [0.25, 0.3) is 0 Å². The van der Waals surface area contributed by atoms with Crippen LogP contribution in [0, 0.1) is 16.7 Å². The maximum Gasteiger partial charge on any atom is 0.244 e. The molecule has 0 atom stereocenters. The van der Waals surface area contributed by atoms with Gasteiger partial charge < -0.3 is 14.8 Å². The zero-order valence-corrected chi connectivity index (χ0v) is 12.4. The minimum atomic E-state index is -0.857. The number of nitriles is 1. The minimum Gasteiger partial charge on any atom is -0.490 e. The number of benzene rings is 1. The quantitative estimate of drug-likeness (QED) is 0.873. The van der Waals surface area contributed by atoms with Gasteiger partial charge in [-0.1, -0.05) is 0 Å². The Hall–Kier alpha value is -2.22. The van der Waals surface area contributed by atoms with Gasteiger partial charge in [0, 0.05) is 11.8 Å². The average molecular weight is 288 g/mol. The number of ether oxygens (including phenoxy) is 2. The summed E-state index contributed by atoms with van der Waals surface area (Å²) in [5.41, 5.74) is -0.238. The van der Waals surface area contributed by atoms with E-state index in [0.717, 1.165) is 6.42 Å². The second-order valence-corrected chi connectivity index (χ2v) is 5.03. The van der Waals surface area contributed by atoms with Crippen LogP contribution < -0.4 is 14.8 Å². The average Bonchev–Trinajstić information content (AvgIpc) is 2.41. The first-order chi connectivity index (χ1) is 10.1. The summed E-state index contributed by atoms with van der Waals surface area (Å²) in [6, 6.07) is 7.40. The maximum absolute atomic E-state index is 12.2. The van der Waals surface area contributed by atoms with Gasteiger partial charge in [0.05, 0.1) is 19.3 Å². The molecule has 0 heterocycles. The summed E-state index contributed by atoms with van der Waals surface area (Å²) in [7, 11) is 0. The van der Waals surface area contributed by atoms with Crippen LogP contribution in [0.5, 0.6) is 11.5 Å². The summed E-state index contributed by atoms with van der Waals surface area (Å²) in [4.78, 5) is 12.2. The molecular formula is C16H20N2O3. The monoisotopic (exact) mass is 288 g/mol. The summed E-state index contributed by atoms with van der Waals surface area (Å²) in [5, 5.41) is 12.0. The summed E-state index contributed by atoms with van der Waals surface area (Å²) in [6.07, 6.45) is 2.18. The van der Waals surface area contributed by atoms with Crippen LogP contribution in [0.2, 0.25) is 0 Å². The fourth-order valence-corrected chi connectivity index (χ4v) is 2.30. The lowest BCUT2D eigenvalue weighted by Crippen LogP contribution is -2.40. The molecule has 1 aromatic rings. The van der Waals surface area contributed by atoms with E-state index in [1.165, 1.54) is 0 Å². The van der Waals surface area contributed by atoms with Gasteiger partial charge in [-0.05, 0) is 45.2 Å². The topological polar surface area (TPSA) is 71.3 Å². The van der Waals surface area contributed by atoms with E-state index in [9.17, 15) is 10.1 Å². The molecule has 5 heteroatoms. The van der Waals surface area contributed by atoms with E-state index >= 15 is 0 Å². The number of hydrogen-bond donors (Lipinski definition) is 1. The lowest BCUT2D eigenvalue weighted by molar-refractivity contribution is -0.126. The highest BCUT2D eigenvalue weighted by Gasteiger charge is 2.44. The molecule has 112 valence electrons. The Bertz CT molecular complexity index is 559. The fourth-order valence-electron chi connectivity index (χ4n) is 2.30. The van der Waals surface area contributed by atoms with E-state index in [2.05, 4.69) is 11.4 Å². The van der Waals surface area contributed by atoms with Crippen molar-refractivity contribution in [3.63, 3.8) is 0 Å². The second kappa shape index (κ2) is 6.49. The van der Waals surface area contributed by atoms with Crippen molar-refractivity contribution in [2.45, 2.75) is 33.1 Å². The molecule has 1 aliphatic rings. The van der Waals surface area contributed by atoms with Crippen LogP contribution >= 0.6 is 0 Å². The molecule has 0 bridgehead atoms. The smallest absolute Gasteiger partial charge is 0.244 e. The van der Waals surface area contributed by atoms with Gasteiger partial charge in [-0.15, -0.1) is 0 Å². The number of anilines is 1. The van der Waals surface area contributed by atoms with Gasteiger partial charge in [0.15, 0.2) is 11.5 Å². The van der Waals surface area contributed by atoms with Crippen molar-refractivity contribution < 1.29 is 14.3 Å². The Morgan fingerprint density at radius 3 is 2.48 bits per heavy atom. The van der Waals surface area contributed by atoms with E-state index in [0.29, 0.717) is 43.2 Å². The van der Waals surface area contributed by atoms with Gasteiger partial charge >= 0.3 is 0 Å². The van der Waals surface area contributed by atoms with Crippen molar-refractivity contribution in [2.75, 3.05) is 18.5 Å². The molecule has 1 aliphatic carbocycles. The Balaban J connectivity index is 2.15. The molecule has 5 nitrogen and oxygen atoms in total. The summed E-state index contributed by atoms with van der Waals surface area (Å²) >= 11 is 0. The first-order valence-electron chi connectivity index (χ1n) is 7.27. The van der Waals surface area contributed by atoms with Crippen LogP contribution in [-0.2, 0) is 4.79 Å². The normalized spacial score (nSPS) is 15.5. The van der Waals surface area contributed by atoms with Crippen molar-refractivity contribution >= 4 is 11.6 Å². The molecule has 0 radical (unpaired) electrons. The first kappa shape index (κ1) is 15.2. The Kier molecular flexibility index (Phi) is 4.69. The number of carbonyl (C=O) groups excluding carboxylic acids is 1. The van der Waals surface area contributed by atoms with Crippen LogP contribution in [0.4, 0.5) is 5.69 Å². The van der Waals surface area contributed by atoms with Gasteiger partial charge in [0.1, 0.15) is 5.41 Å². The van der Waals surface area contributed by atoms with Crippen LogP contribution in [0.1, 0.15) is 33.1 Å². The first-order valence-corrected chi connectivity index (χ1v) is 7.27. The highest BCUT2D eigenvalue weighted by atomic mass is 16.5. The molecule has 0 saturated heterocycles. The predicted molar refractivity (Wildman–Crippen MR) is 79.3 cm³/mol. The van der Waals surface area contributed by atoms with Gasteiger partial charge in [-0.3, -0.25) is 4.79 Å². The fraction of sp³-hybridized carbons (Fsp3) is 0.500. The van der Waals surface area contributed by atoms with Crippen LogP contribution in [0.3, 0.4) is 0 Å². The zero-order chi connectivity index (χ0) is 15.3. The molecule has 0 aliphatic heterocycles. The molecule has 0 aromatic heterocycles. The third kappa shape index (κ3) is 3.10. The molecular weight excluding hydrogens is 268 g/mol. The predicted octanol–water partition coefficient (Wildman–Crippen LogP) is 3.12. The lowest BCUT2D eigenvalue weighted by atomic mass is 9.69. The van der Waals surface area contributed by atoms with Crippen LogP contribution in [-0.4, -0.2) is 19.1 Å². The molecule has 1 saturated carbocycles. The third-order valence-corrected chi connectivity index (χ3v) is 3.66. The standard InChI is InChI=1S/C16H20N2O3/c1-3-20-13-7-6-12(10-14(13)21-4-2)18-15(19)16(11-17)8-5-9-16/h6-7,10H,3-5,8-9H2,1-2H3,(H,18,19). The molecule has 1 aromatic carbocycles. The third-order valence-electron chi connectivity index (χ3n) is 3.66. The summed E-state index contributed by atoms with van der Waals surface area (Å²) < 4.78 is 11.0. The molecule has 0 spiro atoms. The molecule has 2 rings (SSSR count). The molecule has 0 unspecified atom stereocenters. The number of rotatable bonds is 6. The van der Waals surface area contributed by atoms with Crippen molar-refractivity contribution in [1.29, 1.82) is 5.26 Å². The van der Waals surface area contributed by atoms with E-state index in [1.54, 1.807) is 18.2 Å². The van der Waals surface area contributed by atoms with Gasteiger partial charge in [-0.2, -0.15) is 5.26 Å².